The fourth-order valence-corrected chi connectivity index (χ4v) is 2.14. The molecule has 1 unspecified atom stereocenters. The number of para-hydroxylation sites is 1. The summed E-state index contributed by atoms with van der Waals surface area (Å²) in [5, 5.41) is 9.86. The number of benzene rings is 1. The molecule has 0 spiro atoms. The molecule has 0 bridgehead atoms. The van der Waals surface area contributed by atoms with Crippen molar-refractivity contribution < 1.29 is 14.7 Å². The molecule has 0 aliphatic heterocycles. The van der Waals surface area contributed by atoms with Crippen molar-refractivity contribution in [1.29, 1.82) is 0 Å². The molecule has 4 nitrogen and oxygen atoms in total. The van der Waals surface area contributed by atoms with Gasteiger partial charge in [0.1, 0.15) is 5.78 Å². The molecule has 0 fully saturated rings. The van der Waals surface area contributed by atoms with Gasteiger partial charge in [-0.1, -0.05) is 18.2 Å². The Balaban J connectivity index is 2.26. The molecule has 2 N–H and O–H groups in total. The van der Waals surface area contributed by atoms with Crippen LogP contribution in [0.3, 0.4) is 0 Å². The zero-order valence-corrected chi connectivity index (χ0v) is 10.1. The van der Waals surface area contributed by atoms with Crippen LogP contribution in [0.2, 0.25) is 0 Å². The molecular weight excluding hydrogens is 230 g/mol. The molecule has 2 aromatic rings. The number of rotatable bonds is 5. The van der Waals surface area contributed by atoms with Gasteiger partial charge < -0.3 is 10.1 Å². The van der Waals surface area contributed by atoms with E-state index < -0.39 is 11.9 Å². The summed E-state index contributed by atoms with van der Waals surface area (Å²) >= 11 is 0. The van der Waals surface area contributed by atoms with Gasteiger partial charge in [-0.25, -0.2) is 0 Å². The highest BCUT2D eigenvalue weighted by molar-refractivity contribution is 5.86. The van der Waals surface area contributed by atoms with E-state index in [1.54, 1.807) is 0 Å². The Hall–Kier alpha value is -2.10. The summed E-state index contributed by atoms with van der Waals surface area (Å²) in [6.07, 6.45) is 2.20. The number of carbonyl (C=O) groups excluding carboxylic acids is 1. The monoisotopic (exact) mass is 245 g/mol. The number of hydrogen-bond acceptors (Lipinski definition) is 2. The van der Waals surface area contributed by atoms with Gasteiger partial charge in [0.25, 0.3) is 0 Å². The molecule has 1 aromatic carbocycles. The maximum Gasteiger partial charge on any atom is 0.304 e. The van der Waals surface area contributed by atoms with E-state index in [-0.39, 0.29) is 12.2 Å². The predicted octanol–water partition coefficient (Wildman–Crippen LogP) is 2.39. The highest BCUT2D eigenvalue weighted by atomic mass is 16.4. The minimum Gasteiger partial charge on any atom is -0.481 e. The first kappa shape index (κ1) is 12.4. The summed E-state index contributed by atoms with van der Waals surface area (Å²) < 4.78 is 0. The van der Waals surface area contributed by atoms with E-state index in [1.807, 2.05) is 30.5 Å². The molecule has 1 atom stereocenters. The number of carboxylic acids is 1. The third kappa shape index (κ3) is 2.59. The molecule has 1 aromatic heterocycles. The van der Waals surface area contributed by atoms with Crippen molar-refractivity contribution in [3.63, 3.8) is 0 Å². The number of Topliss-reactive ketones (excluding diaryl/α,β-unsaturated/α-hetero) is 1. The minimum absolute atomic E-state index is 0.0809. The van der Waals surface area contributed by atoms with Crippen LogP contribution in [0.5, 0.6) is 0 Å². The Kier molecular flexibility index (Phi) is 3.46. The molecular formula is C14H15NO3. The number of carboxylic acid groups (broad SMARTS) is 1. The lowest BCUT2D eigenvalue weighted by Gasteiger charge is -2.10. The second-order valence-corrected chi connectivity index (χ2v) is 4.47. The number of nitrogens with one attached hydrogen (secondary N) is 1. The molecule has 0 saturated carbocycles. The van der Waals surface area contributed by atoms with Gasteiger partial charge in [0.05, 0.1) is 6.42 Å². The SMILES string of the molecule is CC(=O)C(CC(=O)O)Cc1c[nH]c2ccccc12. The van der Waals surface area contributed by atoms with Crippen LogP contribution in [-0.4, -0.2) is 21.8 Å². The van der Waals surface area contributed by atoms with E-state index >= 15 is 0 Å². The number of aliphatic carboxylic acids is 1. The predicted molar refractivity (Wildman–Crippen MR) is 68.4 cm³/mol. The van der Waals surface area contributed by atoms with Gasteiger partial charge in [0.15, 0.2) is 0 Å². The van der Waals surface area contributed by atoms with Crippen LogP contribution in [0.25, 0.3) is 10.9 Å². The lowest BCUT2D eigenvalue weighted by molar-refractivity contribution is -0.140. The number of carbonyl (C=O) groups is 2. The van der Waals surface area contributed by atoms with Crippen molar-refractivity contribution in [2.75, 3.05) is 0 Å². The fourth-order valence-electron chi connectivity index (χ4n) is 2.14. The van der Waals surface area contributed by atoms with E-state index in [0.29, 0.717) is 6.42 Å². The van der Waals surface area contributed by atoms with E-state index in [1.165, 1.54) is 6.92 Å². The van der Waals surface area contributed by atoms with Crippen molar-refractivity contribution in [3.8, 4) is 0 Å². The van der Waals surface area contributed by atoms with Crippen LogP contribution in [0, 0.1) is 5.92 Å². The third-order valence-corrected chi connectivity index (χ3v) is 3.14. The van der Waals surface area contributed by atoms with Crippen molar-refractivity contribution in [1.82, 2.24) is 4.98 Å². The van der Waals surface area contributed by atoms with Crippen LogP contribution in [0.15, 0.2) is 30.5 Å². The van der Waals surface area contributed by atoms with Crippen molar-refractivity contribution in [3.05, 3.63) is 36.0 Å². The maximum atomic E-state index is 11.5. The lowest BCUT2D eigenvalue weighted by atomic mass is 9.93. The largest absolute Gasteiger partial charge is 0.481 e. The van der Waals surface area contributed by atoms with Crippen LogP contribution < -0.4 is 0 Å². The standard InChI is InChI=1S/C14H15NO3/c1-9(16)10(7-14(17)18)6-11-8-15-13-5-3-2-4-12(11)13/h2-5,8,10,15H,6-7H2,1H3,(H,17,18). The molecule has 0 aliphatic carbocycles. The molecule has 0 aliphatic rings. The quantitative estimate of drug-likeness (QED) is 0.849. The second-order valence-electron chi connectivity index (χ2n) is 4.47. The third-order valence-electron chi connectivity index (χ3n) is 3.14. The zero-order chi connectivity index (χ0) is 13.1. The first-order chi connectivity index (χ1) is 8.58. The highest BCUT2D eigenvalue weighted by Gasteiger charge is 2.19. The second kappa shape index (κ2) is 5.04. The first-order valence-electron chi connectivity index (χ1n) is 5.85. The Bertz CT molecular complexity index is 585. The van der Waals surface area contributed by atoms with Crippen molar-refractivity contribution >= 4 is 22.7 Å². The Morgan fingerprint density at radius 3 is 2.72 bits per heavy atom. The zero-order valence-electron chi connectivity index (χ0n) is 10.1. The van der Waals surface area contributed by atoms with Gasteiger partial charge in [-0.2, -0.15) is 0 Å². The molecule has 0 radical (unpaired) electrons. The van der Waals surface area contributed by atoms with E-state index in [4.69, 9.17) is 5.11 Å². The number of hydrogen-bond donors (Lipinski definition) is 2. The fraction of sp³-hybridized carbons (Fsp3) is 0.286. The van der Waals surface area contributed by atoms with Crippen molar-refractivity contribution in [2.45, 2.75) is 19.8 Å². The van der Waals surface area contributed by atoms with E-state index in [2.05, 4.69) is 4.98 Å². The molecule has 0 amide bonds. The van der Waals surface area contributed by atoms with Crippen LogP contribution in [0.4, 0.5) is 0 Å². The smallest absolute Gasteiger partial charge is 0.304 e. The molecule has 18 heavy (non-hydrogen) atoms. The molecule has 94 valence electrons. The normalized spacial score (nSPS) is 12.5. The number of aromatic amines is 1. The number of H-pyrrole nitrogens is 1. The van der Waals surface area contributed by atoms with Gasteiger partial charge in [-0.05, 0) is 25.0 Å². The minimum atomic E-state index is -0.935. The van der Waals surface area contributed by atoms with Crippen molar-refractivity contribution in [2.24, 2.45) is 5.92 Å². The van der Waals surface area contributed by atoms with Crippen LogP contribution in [-0.2, 0) is 16.0 Å². The molecule has 1 heterocycles. The maximum absolute atomic E-state index is 11.5. The summed E-state index contributed by atoms with van der Waals surface area (Å²) in [5.74, 6) is -1.47. The Labute approximate surface area is 105 Å². The van der Waals surface area contributed by atoms with Gasteiger partial charge in [0, 0.05) is 23.0 Å². The topological polar surface area (TPSA) is 70.2 Å². The Morgan fingerprint density at radius 1 is 1.33 bits per heavy atom. The lowest BCUT2D eigenvalue weighted by Crippen LogP contribution is -2.18. The summed E-state index contributed by atoms with van der Waals surface area (Å²) in [5.41, 5.74) is 2.00. The average Bonchev–Trinajstić information content (AvgIpc) is 2.71. The number of fused-ring (bicyclic) bond motifs is 1. The summed E-state index contributed by atoms with van der Waals surface area (Å²) in [4.78, 5) is 25.3. The van der Waals surface area contributed by atoms with Crippen LogP contribution in [0.1, 0.15) is 18.9 Å². The van der Waals surface area contributed by atoms with Crippen LogP contribution >= 0.6 is 0 Å². The summed E-state index contributed by atoms with van der Waals surface area (Å²) in [6.45, 7) is 1.45. The summed E-state index contributed by atoms with van der Waals surface area (Å²) in [6, 6.07) is 7.79. The van der Waals surface area contributed by atoms with Gasteiger partial charge >= 0.3 is 5.97 Å². The van der Waals surface area contributed by atoms with E-state index in [0.717, 1.165) is 16.5 Å². The molecule has 0 saturated heterocycles. The van der Waals surface area contributed by atoms with Gasteiger partial charge in [-0.15, -0.1) is 0 Å². The van der Waals surface area contributed by atoms with Gasteiger partial charge in [0.2, 0.25) is 0 Å². The van der Waals surface area contributed by atoms with Gasteiger partial charge in [-0.3, -0.25) is 9.59 Å². The highest BCUT2D eigenvalue weighted by Crippen LogP contribution is 2.22. The number of aromatic nitrogens is 1. The first-order valence-corrected chi connectivity index (χ1v) is 5.85. The molecule has 2 rings (SSSR count). The average molecular weight is 245 g/mol. The van der Waals surface area contributed by atoms with E-state index in [9.17, 15) is 9.59 Å². The Morgan fingerprint density at radius 2 is 2.06 bits per heavy atom. The molecule has 4 heteroatoms. The number of ketones is 1. The summed E-state index contributed by atoms with van der Waals surface area (Å²) in [7, 11) is 0.